The Hall–Kier alpha value is -0.610. The second kappa shape index (κ2) is 7.85. The summed E-state index contributed by atoms with van der Waals surface area (Å²) >= 11 is 5.83. The molecule has 1 aromatic rings. The highest BCUT2D eigenvalue weighted by atomic mass is 35.5. The maximum atomic E-state index is 9.71. The Morgan fingerprint density at radius 2 is 2.05 bits per heavy atom. The molecular weight excluding hydrogens is 262 g/mol. The molecule has 2 N–H and O–H groups in total. The highest BCUT2D eigenvalue weighted by molar-refractivity contribution is 6.30. The lowest BCUT2D eigenvalue weighted by Gasteiger charge is -2.12. The zero-order valence-electron chi connectivity index (χ0n) is 11.1. The standard InChI is InChI=1S/C15H22ClNO2/c16-14-5-3-12(4-6-14)7-8-17-9-15(18)11-19-10-13-1-2-13/h3-6,13,15,17-18H,1-2,7-11H2. The minimum Gasteiger partial charge on any atom is -0.389 e. The predicted octanol–water partition coefficient (Wildman–Crippen LogP) is 2.26. The van der Waals surface area contributed by atoms with E-state index in [1.54, 1.807) is 0 Å². The van der Waals surface area contributed by atoms with Crippen molar-refractivity contribution in [2.24, 2.45) is 5.92 Å². The van der Waals surface area contributed by atoms with Crippen LogP contribution in [0.4, 0.5) is 0 Å². The van der Waals surface area contributed by atoms with Gasteiger partial charge in [0.25, 0.3) is 0 Å². The smallest absolute Gasteiger partial charge is 0.0897 e. The van der Waals surface area contributed by atoms with Gasteiger partial charge in [-0.3, -0.25) is 0 Å². The summed E-state index contributed by atoms with van der Waals surface area (Å²) in [6.45, 7) is 2.67. The number of halogens is 1. The van der Waals surface area contributed by atoms with E-state index in [4.69, 9.17) is 16.3 Å². The van der Waals surface area contributed by atoms with Crippen molar-refractivity contribution >= 4 is 11.6 Å². The lowest BCUT2D eigenvalue weighted by atomic mass is 10.1. The van der Waals surface area contributed by atoms with Crippen LogP contribution in [0.15, 0.2) is 24.3 Å². The fraction of sp³-hybridized carbons (Fsp3) is 0.600. The zero-order chi connectivity index (χ0) is 13.5. The van der Waals surface area contributed by atoms with Crippen LogP contribution in [0.2, 0.25) is 5.02 Å². The van der Waals surface area contributed by atoms with Crippen LogP contribution in [0.5, 0.6) is 0 Å². The normalized spacial score (nSPS) is 16.5. The number of nitrogens with one attached hydrogen (secondary N) is 1. The molecule has 1 aliphatic carbocycles. The van der Waals surface area contributed by atoms with Crippen LogP contribution in [0, 0.1) is 5.92 Å². The predicted molar refractivity (Wildman–Crippen MR) is 77.6 cm³/mol. The summed E-state index contributed by atoms with van der Waals surface area (Å²) in [4.78, 5) is 0. The topological polar surface area (TPSA) is 41.5 Å². The van der Waals surface area contributed by atoms with E-state index < -0.39 is 6.10 Å². The first kappa shape index (κ1) is 14.8. The summed E-state index contributed by atoms with van der Waals surface area (Å²) in [6, 6.07) is 7.85. The van der Waals surface area contributed by atoms with Crippen LogP contribution in [-0.4, -0.2) is 37.5 Å². The summed E-state index contributed by atoms with van der Waals surface area (Å²) in [7, 11) is 0. The number of ether oxygens (including phenoxy) is 1. The monoisotopic (exact) mass is 283 g/mol. The molecule has 1 fully saturated rings. The van der Waals surface area contributed by atoms with Crippen LogP contribution in [0.1, 0.15) is 18.4 Å². The Morgan fingerprint density at radius 3 is 2.74 bits per heavy atom. The maximum Gasteiger partial charge on any atom is 0.0897 e. The molecule has 4 heteroatoms. The van der Waals surface area contributed by atoms with Crippen molar-refractivity contribution < 1.29 is 9.84 Å². The van der Waals surface area contributed by atoms with E-state index in [9.17, 15) is 5.11 Å². The molecular formula is C15H22ClNO2. The van der Waals surface area contributed by atoms with Crippen LogP contribution in [0.25, 0.3) is 0 Å². The number of aliphatic hydroxyl groups excluding tert-OH is 1. The highest BCUT2D eigenvalue weighted by Crippen LogP contribution is 2.28. The van der Waals surface area contributed by atoms with E-state index in [1.807, 2.05) is 24.3 Å². The lowest BCUT2D eigenvalue weighted by Crippen LogP contribution is -2.31. The van der Waals surface area contributed by atoms with Gasteiger partial charge in [0.2, 0.25) is 0 Å². The molecule has 1 saturated carbocycles. The molecule has 1 aliphatic rings. The van der Waals surface area contributed by atoms with Gasteiger partial charge in [-0.1, -0.05) is 23.7 Å². The highest BCUT2D eigenvalue weighted by Gasteiger charge is 2.21. The maximum absolute atomic E-state index is 9.71. The van der Waals surface area contributed by atoms with E-state index in [-0.39, 0.29) is 0 Å². The van der Waals surface area contributed by atoms with Gasteiger partial charge in [0.1, 0.15) is 0 Å². The minimum absolute atomic E-state index is 0.413. The van der Waals surface area contributed by atoms with Crippen molar-refractivity contribution in [2.75, 3.05) is 26.3 Å². The Morgan fingerprint density at radius 1 is 1.32 bits per heavy atom. The first-order valence-electron chi connectivity index (χ1n) is 6.95. The van der Waals surface area contributed by atoms with E-state index in [2.05, 4.69) is 5.32 Å². The van der Waals surface area contributed by atoms with Crippen LogP contribution < -0.4 is 5.32 Å². The molecule has 0 heterocycles. The first-order chi connectivity index (χ1) is 9.24. The van der Waals surface area contributed by atoms with E-state index in [1.165, 1.54) is 18.4 Å². The first-order valence-corrected chi connectivity index (χ1v) is 7.33. The average Bonchev–Trinajstić information content (AvgIpc) is 3.21. The second-order valence-electron chi connectivity index (χ2n) is 5.22. The number of hydrogen-bond donors (Lipinski definition) is 2. The Balaban J connectivity index is 1.49. The number of hydrogen-bond acceptors (Lipinski definition) is 3. The Labute approximate surface area is 119 Å². The quantitative estimate of drug-likeness (QED) is 0.683. The van der Waals surface area contributed by atoms with Gasteiger partial charge in [0, 0.05) is 18.2 Å². The Kier molecular flexibility index (Phi) is 6.11. The third-order valence-electron chi connectivity index (χ3n) is 3.24. The summed E-state index contributed by atoms with van der Waals surface area (Å²) in [5.74, 6) is 0.755. The third-order valence-corrected chi connectivity index (χ3v) is 3.50. The summed E-state index contributed by atoms with van der Waals surface area (Å²) in [5, 5.41) is 13.7. The van der Waals surface area contributed by atoms with Crippen molar-refractivity contribution in [3.8, 4) is 0 Å². The molecule has 1 atom stereocenters. The largest absolute Gasteiger partial charge is 0.389 e. The van der Waals surface area contributed by atoms with E-state index in [0.29, 0.717) is 13.2 Å². The molecule has 106 valence electrons. The molecule has 0 spiro atoms. The molecule has 19 heavy (non-hydrogen) atoms. The second-order valence-corrected chi connectivity index (χ2v) is 5.65. The molecule has 1 unspecified atom stereocenters. The molecule has 0 bridgehead atoms. The molecule has 0 aliphatic heterocycles. The lowest BCUT2D eigenvalue weighted by molar-refractivity contribution is 0.0327. The van der Waals surface area contributed by atoms with Crippen molar-refractivity contribution in [1.82, 2.24) is 5.32 Å². The van der Waals surface area contributed by atoms with Gasteiger partial charge in [0.05, 0.1) is 12.7 Å². The third kappa shape index (κ3) is 6.39. The van der Waals surface area contributed by atoms with Gasteiger partial charge >= 0.3 is 0 Å². The van der Waals surface area contributed by atoms with Crippen molar-refractivity contribution in [2.45, 2.75) is 25.4 Å². The van der Waals surface area contributed by atoms with Gasteiger partial charge < -0.3 is 15.2 Å². The molecule has 0 radical (unpaired) electrons. The SMILES string of the molecule is OC(CNCCc1ccc(Cl)cc1)COCC1CC1. The van der Waals surface area contributed by atoms with Crippen LogP contribution >= 0.6 is 11.6 Å². The fourth-order valence-corrected chi connectivity index (χ4v) is 1.99. The molecule has 0 saturated heterocycles. The summed E-state index contributed by atoms with van der Waals surface area (Å²) in [6.07, 6.45) is 3.10. The van der Waals surface area contributed by atoms with Gasteiger partial charge in [-0.15, -0.1) is 0 Å². The van der Waals surface area contributed by atoms with Crippen molar-refractivity contribution in [3.63, 3.8) is 0 Å². The van der Waals surface area contributed by atoms with Gasteiger partial charge in [0.15, 0.2) is 0 Å². The number of aliphatic hydroxyl groups is 1. The number of rotatable bonds is 9. The molecule has 0 amide bonds. The van der Waals surface area contributed by atoms with E-state index >= 15 is 0 Å². The van der Waals surface area contributed by atoms with Gasteiger partial charge in [-0.2, -0.15) is 0 Å². The average molecular weight is 284 g/mol. The minimum atomic E-state index is -0.413. The van der Waals surface area contributed by atoms with Crippen molar-refractivity contribution in [3.05, 3.63) is 34.9 Å². The molecule has 2 rings (SSSR count). The Bertz CT molecular complexity index is 365. The molecule has 1 aromatic carbocycles. The van der Waals surface area contributed by atoms with Gasteiger partial charge in [-0.05, 0) is 49.4 Å². The fourth-order valence-electron chi connectivity index (χ4n) is 1.87. The zero-order valence-corrected chi connectivity index (χ0v) is 11.9. The van der Waals surface area contributed by atoms with Crippen molar-refractivity contribution in [1.29, 1.82) is 0 Å². The molecule has 3 nitrogen and oxygen atoms in total. The molecule has 0 aromatic heterocycles. The summed E-state index contributed by atoms with van der Waals surface area (Å²) in [5.41, 5.74) is 1.25. The van der Waals surface area contributed by atoms with Crippen LogP contribution in [-0.2, 0) is 11.2 Å². The van der Waals surface area contributed by atoms with E-state index in [0.717, 1.165) is 30.5 Å². The summed E-state index contributed by atoms with van der Waals surface area (Å²) < 4.78 is 5.44. The number of benzene rings is 1. The van der Waals surface area contributed by atoms with Gasteiger partial charge in [-0.25, -0.2) is 0 Å². The van der Waals surface area contributed by atoms with Crippen LogP contribution in [0.3, 0.4) is 0 Å².